The average molecular weight is 407 g/mol. The van der Waals surface area contributed by atoms with Gasteiger partial charge in [0.1, 0.15) is 0 Å². The van der Waals surface area contributed by atoms with Crippen molar-refractivity contribution in [3.05, 3.63) is 34.2 Å². The fourth-order valence-electron chi connectivity index (χ4n) is 5.23. The maximum atomic E-state index is 13.4. The number of carbonyl (C=O) groups is 1. The Morgan fingerprint density at radius 2 is 1.73 bits per heavy atom. The highest BCUT2D eigenvalue weighted by Crippen LogP contribution is 2.34. The Hall–Kier alpha value is -2.55. The molecule has 3 fully saturated rings. The van der Waals surface area contributed by atoms with Crippen LogP contribution in [0.15, 0.2) is 23.0 Å². The van der Waals surface area contributed by atoms with E-state index in [9.17, 15) is 9.59 Å². The van der Waals surface area contributed by atoms with Crippen molar-refractivity contribution in [3.63, 3.8) is 0 Å². The molecule has 158 valence electrons. The third-order valence-corrected chi connectivity index (χ3v) is 7.25. The number of carbonyl (C=O) groups excluding carboxylic acids is 1. The van der Waals surface area contributed by atoms with E-state index in [1.54, 1.807) is 0 Å². The predicted octanol–water partition coefficient (Wildman–Crippen LogP) is 4.09. The number of hydrogen-bond acceptors (Lipinski definition) is 3. The number of nitrogens with zero attached hydrogens (tertiary/aromatic N) is 4. The van der Waals surface area contributed by atoms with Crippen molar-refractivity contribution < 1.29 is 4.79 Å². The van der Waals surface area contributed by atoms with Crippen molar-refractivity contribution in [3.8, 4) is 6.07 Å². The van der Waals surface area contributed by atoms with Crippen LogP contribution in [0.2, 0.25) is 0 Å². The highest BCUT2D eigenvalue weighted by molar-refractivity contribution is 5.97. The Kier molecular flexibility index (Phi) is 5.14. The maximum Gasteiger partial charge on any atom is 0.329 e. The lowest BCUT2D eigenvalue weighted by molar-refractivity contribution is 0.0707. The molecule has 2 aromatic rings. The highest BCUT2D eigenvalue weighted by Gasteiger charge is 2.29. The summed E-state index contributed by atoms with van der Waals surface area (Å²) >= 11 is 0. The molecule has 30 heavy (non-hydrogen) atoms. The van der Waals surface area contributed by atoms with Gasteiger partial charge in [0.2, 0.25) is 0 Å². The van der Waals surface area contributed by atoms with Crippen molar-refractivity contribution >= 4 is 16.9 Å². The van der Waals surface area contributed by atoms with E-state index >= 15 is 0 Å². The fourth-order valence-corrected chi connectivity index (χ4v) is 5.23. The first-order valence-electron chi connectivity index (χ1n) is 11.6. The Morgan fingerprint density at radius 3 is 2.40 bits per heavy atom. The summed E-state index contributed by atoms with van der Waals surface area (Å²) in [6.45, 7) is 2.03. The van der Waals surface area contributed by atoms with Crippen LogP contribution in [0.5, 0.6) is 0 Å². The molecule has 2 heterocycles. The molecule has 1 saturated heterocycles. The number of aromatic nitrogens is 2. The second-order valence-electron chi connectivity index (χ2n) is 9.40. The molecule has 0 spiro atoms. The van der Waals surface area contributed by atoms with Crippen molar-refractivity contribution in [1.29, 1.82) is 5.26 Å². The largest absolute Gasteiger partial charge is 0.339 e. The molecule has 1 aliphatic heterocycles. The third-order valence-electron chi connectivity index (χ3n) is 7.25. The molecule has 0 atom stereocenters. The summed E-state index contributed by atoms with van der Waals surface area (Å²) in [6, 6.07) is 8.42. The molecule has 6 nitrogen and oxygen atoms in total. The van der Waals surface area contributed by atoms with E-state index < -0.39 is 0 Å². The smallest absolute Gasteiger partial charge is 0.329 e. The van der Waals surface area contributed by atoms with Gasteiger partial charge in [-0.1, -0.05) is 19.3 Å². The van der Waals surface area contributed by atoms with Gasteiger partial charge in [0, 0.05) is 37.2 Å². The number of benzene rings is 1. The molecular formula is C24H30N4O2. The van der Waals surface area contributed by atoms with Crippen LogP contribution < -0.4 is 5.69 Å². The van der Waals surface area contributed by atoms with E-state index in [0.29, 0.717) is 24.6 Å². The van der Waals surface area contributed by atoms with Crippen LogP contribution in [-0.2, 0) is 6.54 Å². The fraction of sp³-hybridized carbons (Fsp3) is 0.625. The molecule has 0 N–H and O–H groups in total. The van der Waals surface area contributed by atoms with E-state index in [2.05, 4.69) is 6.07 Å². The summed E-state index contributed by atoms with van der Waals surface area (Å²) < 4.78 is 3.95. The van der Waals surface area contributed by atoms with Gasteiger partial charge in [0.15, 0.2) is 0 Å². The Morgan fingerprint density at radius 1 is 1.00 bits per heavy atom. The van der Waals surface area contributed by atoms with Crippen LogP contribution in [-0.4, -0.2) is 33.0 Å². The van der Waals surface area contributed by atoms with Crippen LogP contribution in [0.3, 0.4) is 0 Å². The average Bonchev–Trinajstić information content (AvgIpc) is 3.58. The first kappa shape index (κ1) is 19.4. The van der Waals surface area contributed by atoms with Crippen molar-refractivity contribution in [2.45, 2.75) is 70.4 Å². The topological polar surface area (TPSA) is 71.0 Å². The van der Waals surface area contributed by atoms with Crippen molar-refractivity contribution in [2.24, 2.45) is 11.8 Å². The van der Waals surface area contributed by atoms with Crippen molar-refractivity contribution in [1.82, 2.24) is 14.0 Å². The van der Waals surface area contributed by atoms with E-state index in [1.165, 1.54) is 32.1 Å². The monoisotopic (exact) mass is 406 g/mol. The van der Waals surface area contributed by atoms with E-state index in [4.69, 9.17) is 5.26 Å². The molecule has 2 saturated carbocycles. The Labute approximate surface area is 177 Å². The SMILES string of the molecule is N#CC1CCN(C(=O)c2ccc3c(c2)n(CC2CC2)c(=O)n3C2CCCCC2)CC1. The number of amides is 1. The number of likely N-dealkylation sites (tertiary alicyclic amines) is 1. The summed E-state index contributed by atoms with van der Waals surface area (Å²) in [5.74, 6) is 0.673. The standard InChI is InChI=1S/C24H30N4O2/c25-15-17-10-12-26(13-11-17)23(29)19-8-9-21-22(14-19)27(16-18-6-7-18)24(30)28(21)20-4-2-1-3-5-20/h8-9,14,17-18,20H,1-7,10-13,16H2. The minimum Gasteiger partial charge on any atom is -0.339 e. The maximum absolute atomic E-state index is 13.4. The molecule has 3 aliphatic rings. The highest BCUT2D eigenvalue weighted by atomic mass is 16.2. The zero-order valence-corrected chi connectivity index (χ0v) is 17.6. The van der Waals surface area contributed by atoms with Crippen LogP contribution in [0.1, 0.15) is 74.2 Å². The van der Waals surface area contributed by atoms with Gasteiger partial charge in [0.05, 0.1) is 17.1 Å². The number of hydrogen-bond donors (Lipinski definition) is 0. The molecule has 1 aromatic carbocycles. The van der Waals surface area contributed by atoms with Crippen LogP contribution in [0.4, 0.5) is 0 Å². The summed E-state index contributed by atoms with van der Waals surface area (Å²) in [5.41, 5.74) is 2.65. The minimum atomic E-state index is 0.0177. The number of fused-ring (bicyclic) bond motifs is 1. The van der Waals surface area contributed by atoms with Crippen LogP contribution in [0.25, 0.3) is 11.0 Å². The third kappa shape index (κ3) is 3.55. The quantitative estimate of drug-likeness (QED) is 0.768. The number of imidazole rings is 1. The molecule has 6 heteroatoms. The minimum absolute atomic E-state index is 0.0177. The zero-order chi connectivity index (χ0) is 20.7. The zero-order valence-electron chi connectivity index (χ0n) is 17.6. The normalized spacial score (nSPS) is 21.1. The van der Waals surface area contributed by atoms with Gasteiger partial charge in [-0.3, -0.25) is 13.9 Å². The van der Waals surface area contributed by atoms with Gasteiger partial charge >= 0.3 is 5.69 Å². The molecule has 1 amide bonds. The van der Waals surface area contributed by atoms with Gasteiger partial charge < -0.3 is 4.90 Å². The molecule has 0 bridgehead atoms. The lowest BCUT2D eigenvalue weighted by atomic mass is 9.95. The van der Waals surface area contributed by atoms with Gasteiger partial charge in [-0.05, 0) is 62.6 Å². The van der Waals surface area contributed by atoms with Crippen LogP contribution >= 0.6 is 0 Å². The second kappa shape index (κ2) is 7.94. The second-order valence-corrected chi connectivity index (χ2v) is 9.40. The first-order chi connectivity index (χ1) is 14.7. The summed E-state index contributed by atoms with van der Waals surface area (Å²) in [6.07, 6.45) is 9.62. The lowest BCUT2D eigenvalue weighted by Gasteiger charge is -2.29. The van der Waals surface area contributed by atoms with Gasteiger partial charge in [-0.2, -0.15) is 5.26 Å². The number of piperidine rings is 1. The number of nitriles is 1. The molecule has 0 unspecified atom stereocenters. The van der Waals surface area contributed by atoms with E-state index in [-0.39, 0.29) is 23.6 Å². The summed E-state index contributed by atoms with van der Waals surface area (Å²) in [7, 11) is 0. The Balaban J connectivity index is 1.50. The van der Waals surface area contributed by atoms with Crippen LogP contribution in [0, 0.1) is 23.2 Å². The Bertz CT molecular complexity index is 1040. The predicted molar refractivity (Wildman–Crippen MR) is 115 cm³/mol. The van der Waals surface area contributed by atoms with Gasteiger partial charge in [-0.15, -0.1) is 0 Å². The number of rotatable bonds is 4. The molecule has 2 aliphatic carbocycles. The van der Waals surface area contributed by atoms with E-state index in [1.807, 2.05) is 32.2 Å². The summed E-state index contributed by atoms with van der Waals surface area (Å²) in [4.78, 5) is 28.4. The molecule has 0 radical (unpaired) electrons. The molecular weight excluding hydrogens is 376 g/mol. The van der Waals surface area contributed by atoms with Gasteiger partial charge in [-0.25, -0.2) is 4.79 Å². The lowest BCUT2D eigenvalue weighted by Crippen LogP contribution is -2.38. The van der Waals surface area contributed by atoms with Gasteiger partial charge in [0.25, 0.3) is 5.91 Å². The van der Waals surface area contributed by atoms with E-state index in [0.717, 1.165) is 43.3 Å². The first-order valence-corrected chi connectivity index (χ1v) is 11.6. The molecule has 1 aromatic heterocycles. The molecule has 5 rings (SSSR count). The summed E-state index contributed by atoms with van der Waals surface area (Å²) in [5, 5.41) is 9.11. The van der Waals surface area contributed by atoms with Crippen molar-refractivity contribution in [2.75, 3.05) is 13.1 Å².